The van der Waals surface area contributed by atoms with Crippen molar-refractivity contribution < 1.29 is 0 Å². The normalized spacial score (nSPS) is 13.8. The highest BCUT2D eigenvalue weighted by Gasteiger charge is 2.44. The van der Waals surface area contributed by atoms with E-state index >= 15 is 0 Å². The molecular weight excluding hydrogens is 1170 g/mol. The molecule has 12 aromatic rings. The lowest BCUT2D eigenvalue weighted by Gasteiger charge is -2.37. The summed E-state index contributed by atoms with van der Waals surface area (Å²) in [6.07, 6.45) is 0. The number of fused-ring (bicyclic) bond motifs is 10. The van der Waals surface area contributed by atoms with Gasteiger partial charge in [-0.2, -0.15) is 0 Å². The number of anilines is 6. The first-order valence-electron chi connectivity index (χ1n) is 35.8. The first-order chi connectivity index (χ1) is 45.2. The van der Waals surface area contributed by atoms with Crippen molar-refractivity contribution in [2.24, 2.45) is 0 Å². The predicted molar refractivity (Wildman–Crippen MR) is 424 cm³/mol. The quantitative estimate of drug-likeness (QED) is 0.148. The van der Waals surface area contributed by atoms with Crippen LogP contribution in [0.2, 0.25) is 0 Å². The minimum absolute atomic E-state index is 0.0403. The molecule has 0 radical (unpaired) electrons. The van der Waals surface area contributed by atoms with Gasteiger partial charge in [-0.3, -0.25) is 0 Å². The Morgan fingerprint density at radius 2 is 0.536 bits per heavy atom. The SMILES string of the molecule is CC(C)(C)c1ccc(N(c2ccc(C(C)(C)C)cc2)c2cccc(N(c3ccc(C(C)(C)C)cc3)c3ccc(C(C)(C)C)cc3)c2-c2cc3c4c(c2)-n2c5ccc(C(C)(C)C)cc5c5cc(C(C)(C)C)cc(c52)B4c2cc(C(C)(C)C)cc4c5cc(C(C)(C)C)ccc5n-3c24)cc1. The van der Waals surface area contributed by atoms with Crippen LogP contribution in [0.4, 0.5) is 34.1 Å². The Balaban J connectivity index is 1.20. The molecule has 0 saturated carbocycles. The molecule has 97 heavy (non-hydrogen) atoms. The van der Waals surface area contributed by atoms with Gasteiger partial charge in [0.15, 0.2) is 0 Å². The summed E-state index contributed by atoms with van der Waals surface area (Å²) in [5, 5.41) is 5.24. The number of aromatic nitrogens is 2. The molecule has 494 valence electrons. The van der Waals surface area contributed by atoms with Gasteiger partial charge >= 0.3 is 0 Å². The van der Waals surface area contributed by atoms with Crippen molar-refractivity contribution in [3.8, 4) is 22.5 Å². The Kier molecular flexibility index (Phi) is 14.9. The molecule has 5 heteroatoms. The Morgan fingerprint density at radius 1 is 0.268 bits per heavy atom. The number of benzene rings is 10. The summed E-state index contributed by atoms with van der Waals surface area (Å²) in [5.74, 6) is 0. The Hall–Kier alpha value is -8.54. The van der Waals surface area contributed by atoms with Crippen molar-refractivity contribution in [1.82, 2.24) is 9.13 Å². The van der Waals surface area contributed by atoms with E-state index in [9.17, 15) is 0 Å². The van der Waals surface area contributed by atoms with Gasteiger partial charge in [0.05, 0.1) is 22.4 Å². The van der Waals surface area contributed by atoms with Crippen LogP contribution < -0.4 is 26.2 Å². The molecule has 0 bridgehead atoms. The minimum Gasteiger partial charge on any atom is -0.310 e. The summed E-state index contributed by atoms with van der Waals surface area (Å²) in [6, 6.07) is 75.2. The molecule has 0 aliphatic carbocycles. The van der Waals surface area contributed by atoms with Gasteiger partial charge in [0.1, 0.15) is 0 Å². The maximum atomic E-state index is 2.71. The highest BCUT2D eigenvalue weighted by atomic mass is 15.2. The lowest BCUT2D eigenvalue weighted by molar-refractivity contribution is 0.590. The standard InChI is InChI=1S/C92H103BN4/c1-85(2,3)57-28-38-65(39-29-57)94(66-40-30-58(31-41-66)86(4,5)6)77-26-25-27-78(95(67-42-32-59(33-43-67)87(7,8)9)68-44-34-60(35-45-68)88(10,11)12)81(77)56-48-79-82-80(49-56)97-76-47-37-62(90(16,17)18)51-70(76)72-53-64(92(22,23)24)55-74(84(72)97)93(82)73-54-63(91(19,20)21)52-71-69-50-61(89(13,14)15)36-46-75(69)96(79)83(71)73/h25-55H,1-24H3. The topological polar surface area (TPSA) is 16.3 Å². The zero-order valence-corrected chi connectivity index (χ0v) is 62.8. The van der Waals surface area contributed by atoms with E-state index < -0.39 is 0 Å². The second-order valence-corrected chi connectivity index (χ2v) is 36.9. The average molecular weight is 1280 g/mol. The molecule has 0 saturated heterocycles. The summed E-state index contributed by atoms with van der Waals surface area (Å²) < 4.78 is 5.42. The summed E-state index contributed by atoms with van der Waals surface area (Å²) in [5.41, 5.74) is 30.5. The number of hydrogen-bond acceptors (Lipinski definition) is 2. The Morgan fingerprint density at radius 3 is 0.814 bits per heavy atom. The van der Waals surface area contributed by atoms with Gasteiger partial charge < -0.3 is 18.9 Å². The van der Waals surface area contributed by atoms with E-state index in [1.807, 2.05) is 0 Å². The molecule has 0 fully saturated rings. The van der Waals surface area contributed by atoms with Gasteiger partial charge in [0.25, 0.3) is 6.71 Å². The predicted octanol–water partition coefficient (Wildman–Crippen LogP) is 24.0. The van der Waals surface area contributed by atoms with Crippen molar-refractivity contribution >= 4 is 101 Å². The molecule has 4 nitrogen and oxygen atoms in total. The number of hydrogen-bond donors (Lipinski definition) is 0. The molecule has 0 atom stereocenters. The lowest BCUT2D eigenvalue weighted by atomic mass is 9.33. The van der Waals surface area contributed by atoms with Crippen LogP contribution in [0, 0.1) is 0 Å². The first-order valence-corrected chi connectivity index (χ1v) is 35.8. The third-order valence-electron chi connectivity index (χ3n) is 21.5. The van der Waals surface area contributed by atoms with Crippen LogP contribution in [-0.2, 0) is 43.3 Å². The fourth-order valence-electron chi connectivity index (χ4n) is 15.5. The van der Waals surface area contributed by atoms with E-state index in [2.05, 4.69) is 373 Å². The zero-order chi connectivity index (χ0) is 69.6. The van der Waals surface area contributed by atoms with Crippen molar-refractivity contribution in [1.29, 1.82) is 0 Å². The van der Waals surface area contributed by atoms with E-state index in [1.54, 1.807) is 0 Å². The third kappa shape index (κ3) is 11.1. The van der Waals surface area contributed by atoms with Crippen LogP contribution in [0.25, 0.3) is 66.1 Å². The van der Waals surface area contributed by atoms with Crippen molar-refractivity contribution in [2.45, 2.75) is 209 Å². The van der Waals surface area contributed by atoms with Crippen molar-refractivity contribution in [3.05, 3.63) is 233 Å². The summed E-state index contributed by atoms with van der Waals surface area (Å²) in [7, 11) is 0. The molecule has 10 aromatic carbocycles. The van der Waals surface area contributed by atoms with Crippen LogP contribution in [0.15, 0.2) is 188 Å². The molecule has 2 aliphatic heterocycles. The number of nitrogens with zero attached hydrogens (tertiary/aromatic N) is 4. The average Bonchev–Trinajstić information content (AvgIpc) is 1.56. The van der Waals surface area contributed by atoms with Gasteiger partial charge in [0, 0.05) is 72.3 Å². The van der Waals surface area contributed by atoms with E-state index in [0.717, 1.165) is 45.3 Å². The van der Waals surface area contributed by atoms with E-state index in [1.165, 1.54) is 116 Å². The van der Waals surface area contributed by atoms with Crippen LogP contribution in [0.1, 0.15) is 211 Å². The molecule has 2 aromatic heterocycles. The molecule has 0 spiro atoms. The molecular formula is C92H103BN4. The monoisotopic (exact) mass is 1270 g/mol. The molecule has 2 aliphatic rings. The van der Waals surface area contributed by atoms with Crippen LogP contribution >= 0.6 is 0 Å². The number of rotatable bonds is 7. The second-order valence-electron chi connectivity index (χ2n) is 36.9. The second kappa shape index (κ2) is 22.0. The van der Waals surface area contributed by atoms with Gasteiger partial charge in [-0.15, -0.1) is 0 Å². The summed E-state index contributed by atoms with van der Waals surface area (Å²) in [6.45, 7) is 56.3. The third-order valence-corrected chi connectivity index (χ3v) is 21.5. The van der Waals surface area contributed by atoms with Crippen molar-refractivity contribution in [3.63, 3.8) is 0 Å². The molecule has 4 heterocycles. The summed E-state index contributed by atoms with van der Waals surface area (Å²) >= 11 is 0. The largest absolute Gasteiger partial charge is 0.310 e. The Labute approximate surface area is 580 Å². The van der Waals surface area contributed by atoms with E-state index in [0.29, 0.717) is 0 Å². The van der Waals surface area contributed by atoms with Crippen LogP contribution in [-0.4, -0.2) is 15.8 Å². The minimum atomic E-state index is -0.124. The van der Waals surface area contributed by atoms with Crippen LogP contribution in [0.3, 0.4) is 0 Å². The Bertz CT molecular complexity index is 4690. The molecule has 14 rings (SSSR count). The zero-order valence-electron chi connectivity index (χ0n) is 62.8. The van der Waals surface area contributed by atoms with Crippen LogP contribution in [0.5, 0.6) is 0 Å². The molecule has 0 amide bonds. The van der Waals surface area contributed by atoms with E-state index in [-0.39, 0.29) is 50.0 Å². The maximum Gasteiger partial charge on any atom is 0.252 e. The fraction of sp³-hybridized carbons (Fsp3) is 0.348. The van der Waals surface area contributed by atoms with E-state index in [4.69, 9.17) is 0 Å². The highest BCUT2D eigenvalue weighted by molar-refractivity contribution is 7.00. The van der Waals surface area contributed by atoms with Gasteiger partial charge in [0.2, 0.25) is 0 Å². The molecule has 0 N–H and O–H groups in total. The molecule has 0 unspecified atom stereocenters. The van der Waals surface area contributed by atoms with Gasteiger partial charge in [-0.25, -0.2) is 0 Å². The maximum absolute atomic E-state index is 2.71. The van der Waals surface area contributed by atoms with Crippen molar-refractivity contribution in [2.75, 3.05) is 9.80 Å². The summed E-state index contributed by atoms with van der Waals surface area (Å²) in [4.78, 5) is 5.10. The van der Waals surface area contributed by atoms with Gasteiger partial charge in [-0.05, 0) is 219 Å². The first kappa shape index (κ1) is 65.7. The fourth-order valence-corrected chi connectivity index (χ4v) is 15.5. The lowest BCUT2D eigenvalue weighted by Crippen LogP contribution is -2.59. The smallest absolute Gasteiger partial charge is 0.252 e. The van der Waals surface area contributed by atoms with Gasteiger partial charge in [-0.1, -0.05) is 245 Å². The highest BCUT2D eigenvalue weighted by Crippen LogP contribution is 2.53.